The van der Waals surface area contributed by atoms with E-state index in [1.807, 2.05) is 0 Å². The van der Waals surface area contributed by atoms with E-state index >= 15 is 0 Å². The lowest BCUT2D eigenvalue weighted by atomic mass is 9.82. The first-order chi connectivity index (χ1) is 15.0. The van der Waals surface area contributed by atoms with E-state index in [-0.39, 0.29) is 24.1 Å². The van der Waals surface area contributed by atoms with Gasteiger partial charge in [0.15, 0.2) is 0 Å². The molecule has 0 bridgehead atoms. The molecule has 2 aliphatic carbocycles. The maximum atomic E-state index is 13.6. The van der Waals surface area contributed by atoms with Gasteiger partial charge in [-0.15, -0.1) is 0 Å². The molecule has 2 nitrogen and oxygen atoms in total. The molecular weight excluding hydrogens is 429 g/mol. The number of nitrogens with zero attached hydrogens (tertiary/aromatic N) is 1. The first-order valence-corrected chi connectivity index (χ1v) is 15.6. The highest BCUT2D eigenvalue weighted by atomic mass is 32.2. The van der Waals surface area contributed by atoms with Crippen LogP contribution in [0.3, 0.4) is 0 Å². The van der Waals surface area contributed by atoms with Gasteiger partial charge in [0.05, 0.1) is 10.8 Å². The Morgan fingerprint density at radius 2 is 1.31 bits per heavy atom. The van der Waals surface area contributed by atoms with Gasteiger partial charge in [-0.05, 0) is 74.1 Å². The average Bonchev–Trinajstić information content (AvgIpc) is 2.74. The molecule has 3 rings (SSSR count). The summed E-state index contributed by atoms with van der Waals surface area (Å²) < 4.78 is 15.5. The van der Waals surface area contributed by atoms with Crippen LogP contribution in [0.2, 0.25) is 0 Å². The van der Waals surface area contributed by atoms with Crippen LogP contribution in [-0.4, -0.2) is 31.6 Å². The minimum absolute atomic E-state index is 0.00585. The molecule has 32 heavy (non-hydrogen) atoms. The van der Waals surface area contributed by atoms with Gasteiger partial charge in [0.2, 0.25) is 0 Å². The normalized spacial score (nSPS) is 21.8. The summed E-state index contributed by atoms with van der Waals surface area (Å²) in [6.07, 6.45) is 14.2. The maximum Gasteiger partial charge on any atom is 0.100 e. The molecule has 0 N–H and O–H groups in total. The van der Waals surface area contributed by atoms with E-state index < -0.39 is 11.0 Å². The van der Waals surface area contributed by atoms with Crippen molar-refractivity contribution in [2.45, 2.75) is 128 Å². The standard InChI is InChI=1S/C28H48NOPS/c1-27(2,3)26(29(7)32(30)28(4,5)6)24-20-14-15-21-25(24)31(22-16-10-8-11-17-22)23-18-12-9-13-19-23/h14-15,20-23,26H,8-13,16-19H2,1-7H3/t26-,32-/m1/s1. The third kappa shape index (κ3) is 6.25. The van der Waals surface area contributed by atoms with Crippen molar-refractivity contribution in [2.24, 2.45) is 5.41 Å². The summed E-state index contributed by atoms with van der Waals surface area (Å²) >= 11 is 0. The lowest BCUT2D eigenvalue weighted by molar-refractivity contribution is 0.207. The van der Waals surface area contributed by atoms with E-state index in [0.717, 1.165) is 11.3 Å². The van der Waals surface area contributed by atoms with Gasteiger partial charge in [0, 0.05) is 7.05 Å². The van der Waals surface area contributed by atoms with Gasteiger partial charge in [-0.1, -0.05) is 91.5 Å². The second kappa shape index (κ2) is 11.0. The van der Waals surface area contributed by atoms with Crippen molar-refractivity contribution in [1.29, 1.82) is 0 Å². The SMILES string of the molecule is CN([C@H](c1ccccc1P(C1CCCCC1)C1CCCCC1)C(C)(C)C)[S@](=O)C(C)(C)C. The zero-order chi connectivity index (χ0) is 23.5. The number of hydrogen-bond acceptors (Lipinski definition) is 1. The molecular formula is C28H48NOPS. The van der Waals surface area contributed by atoms with Crippen molar-refractivity contribution in [2.75, 3.05) is 7.05 Å². The molecule has 0 aliphatic heterocycles. The van der Waals surface area contributed by atoms with Gasteiger partial charge < -0.3 is 0 Å². The van der Waals surface area contributed by atoms with Crippen LogP contribution in [0.4, 0.5) is 0 Å². The molecule has 2 fully saturated rings. The summed E-state index contributed by atoms with van der Waals surface area (Å²) in [4.78, 5) is 0. The second-order valence-corrected chi connectivity index (χ2v) is 17.3. The van der Waals surface area contributed by atoms with E-state index in [4.69, 9.17) is 0 Å². The van der Waals surface area contributed by atoms with Crippen molar-refractivity contribution < 1.29 is 4.21 Å². The van der Waals surface area contributed by atoms with E-state index in [9.17, 15) is 4.21 Å². The van der Waals surface area contributed by atoms with Crippen LogP contribution in [0, 0.1) is 5.41 Å². The Hall–Kier alpha value is -0.240. The summed E-state index contributed by atoms with van der Waals surface area (Å²) in [5.74, 6) is 0. The fourth-order valence-electron chi connectivity index (χ4n) is 6.10. The van der Waals surface area contributed by atoms with Crippen molar-refractivity contribution in [3.8, 4) is 0 Å². The van der Waals surface area contributed by atoms with Gasteiger partial charge in [0.25, 0.3) is 0 Å². The van der Waals surface area contributed by atoms with Crippen LogP contribution in [0.5, 0.6) is 0 Å². The summed E-state index contributed by atoms with van der Waals surface area (Å²) in [7, 11) is 0.855. The Labute approximate surface area is 202 Å². The van der Waals surface area contributed by atoms with Crippen molar-refractivity contribution >= 4 is 24.2 Å². The van der Waals surface area contributed by atoms with E-state index in [1.165, 1.54) is 69.8 Å². The number of benzene rings is 1. The molecule has 0 radical (unpaired) electrons. The third-order valence-corrected chi connectivity index (χ3v) is 12.8. The first-order valence-electron chi connectivity index (χ1n) is 13.0. The monoisotopic (exact) mass is 477 g/mol. The fraction of sp³-hybridized carbons (Fsp3) is 0.786. The highest BCUT2D eigenvalue weighted by Gasteiger charge is 2.40. The van der Waals surface area contributed by atoms with Crippen LogP contribution < -0.4 is 5.30 Å². The van der Waals surface area contributed by atoms with Crippen LogP contribution >= 0.6 is 7.92 Å². The van der Waals surface area contributed by atoms with E-state index in [1.54, 1.807) is 5.30 Å². The fourth-order valence-corrected chi connectivity index (χ4v) is 11.6. The van der Waals surface area contributed by atoms with Gasteiger partial charge in [-0.2, -0.15) is 0 Å². The highest BCUT2D eigenvalue weighted by molar-refractivity contribution is 7.84. The van der Waals surface area contributed by atoms with Crippen LogP contribution in [-0.2, 0) is 11.0 Å². The number of rotatable bonds is 6. The van der Waals surface area contributed by atoms with Crippen LogP contribution in [0.1, 0.15) is 117 Å². The highest BCUT2D eigenvalue weighted by Crippen LogP contribution is 2.56. The molecule has 182 valence electrons. The Balaban J connectivity index is 2.09. The Morgan fingerprint density at radius 3 is 1.75 bits per heavy atom. The van der Waals surface area contributed by atoms with Crippen LogP contribution in [0.15, 0.2) is 24.3 Å². The van der Waals surface area contributed by atoms with Crippen molar-refractivity contribution in [3.05, 3.63) is 29.8 Å². The first kappa shape index (κ1) is 26.4. The molecule has 0 aromatic heterocycles. The quantitative estimate of drug-likeness (QED) is 0.381. The van der Waals surface area contributed by atoms with Gasteiger partial charge in [-0.3, -0.25) is 0 Å². The molecule has 4 heteroatoms. The average molecular weight is 478 g/mol. The summed E-state index contributed by atoms with van der Waals surface area (Å²) in [6, 6.07) is 9.50. The molecule has 1 aromatic rings. The second-order valence-electron chi connectivity index (χ2n) is 12.2. The number of hydrogen-bond donors (Lipinski definition) is 0. The smallest absolute Gasteiger partial charge is 0.100 e. The largest absolute Gasteiger partial charge is 0.242 e. The van der Waals surface area contributed by atoms with Gasteiger partial charge in [0.1, 0.15) is 11.0 Å². The molecule has 0 amide bonds. The lowest BCUT2D eigenvalue weighted by Crippen LogP contribution is -2.43. The van der Waals surface area contributed by atoms with Gasteiger partial charge >= 0.3 is 0 Å². The molecule has 0 spiro atoms. The van der Waals surface area contributed by atoms with Crippen molar-refractivity contribution in [1.82, 2.24) is 4.31 Å². The lowest BCUT2D eigenvalue weighted by Gasteiger charge is -2.44. The van der Waals surface area contributed by atoms with Crippen molar-refractivity contribution in [3.63, 3.8) is 0 Å². The Kier molecular flexibility index (Phi) is 9.07. The molecule has 0 saturated heterocycles. The van der Waals surface area contributed by atoms with E-state index in [2.05, 4.69) is 77.2 Å². The third-order valence-electron chi connectivity index (χ3n) is 7.42. The molecule has 0 unspecified atom stereocenters. The van der Waals surface area contributed by atoms with Crippen LogP contribution in [0.25, 0.3) is 0 Å². The predicted octanol–water partition coefficient (Wildman–Crippen LogP) is 7.94. The minimum Gasteiger partial charge on any atom is -0.242 e. The minimum atomic E-state index is -1.05. The van der Waals surface area contributed by atoms with Gasteiger partial charge in [-0.25, -0.2) is 8.51 Å². The van der Waals surface area contributed by atoms with E-state index in [0.29, 0.717) is 0 Å². The molecule has 2 saturated carbocycles. The molecule has 0 heterocycles. The zero-order valence-electron chi connectivity index (χ0n) is 21.8. The topological polar surface area (TPSA) is 20.3 Å². The predicted molar refractivity (Wildman–Crippen MR) is 145 cm³/mol. The molecule has 2 atom stereocenters. The Bertz CT molecular complexity index is 735. The molecule has 2 aliphatic rings. The maximum absolute atomic E-state index is 13.6. The summed E-state index contributed by atoms with van der Waals surface area (Å²) in [5.41, 5.74) is 3.22. The summed E-state index contributed by atoms with van der Waals surface area (Å²) in [6.45, 7) is 13.3. The Morgan fingerprint density at radius 1 is 0.844 bits per heavy atom. The molecule has 1 aromatic carbocycles. The summed E-state index contributed by atoms with van der Waals surface area (Å²) in [5, 5.41) is 1.64. The zero-order valence-corrected chi connectivity index (χ0v) is 23.5.